The van der Waals surface area contributed by atoms with Gasteiger partial charge in [-0.05, 0) is 13.0 Å². The van der Waals surface area contributed by atoms with Crippen LogP contribution in [-0.4, -0.2) is 17.6 Å². The summed E-state index contributed by atoms with van der Waals surface area (Å²) in [6.07, 6.45) is -5.73. The number of rotatable bonds is 3. The SMILES string of the molecule is C[C@@H](O)[C@H](N)c1ccccc1OC(F)(F)F. The minimum absolute atomic E-state index is 0.120. The summed E-state index contributed by atoms with van der Waals surface area (Å²) in [6, 6.07) is 4.56. The molecular weight excluding hydrogens is 223 g/mol. The maximum atomic E-state index is 12.1. The van der Waals surface area contributed by atoms with E-state index in [1.54, 1.807) is 0 Å². The van der Waals surface area contributed by atoms with Crippen molar-refractivity contribution in [2.45, 2.75) is 25.4 Å². The van der Waals surface area contributed by atoms with Gasteiger partial charge in [0.05, 0.1) is 12.1 Å². The Bertz CT molecular complexity index is 352. The van der Waals surface area contributed by atoms with E-state index in [1.165, 1.54) is 25.1 Å². The molecule has 0 amide bonds. The highest BCUT2D eigenvalue weighted by Crippen LogP contribution is 2.30. The van der Waals surface area contributed by atoms with Gasteiger partial charge in [0.15, 0.2) is 0 Å². The van der Waals surface area contributed by atoms with Crippen LogP contribution in [0.2, 0.25) is 0 Å². The Morgan fingerprint density at radius 3 is 2.38 bits per heavy atom. The van der Waals surface area contributed by atoms with Gasteiger partial charge >= 0.3 is 6.36 Å². The molecule has 0 aliphatic rings. The number of hydrogen-bond donors (Lipinski definition) is 2. The monoisotopic (exact) mass is 235 g/mol. The van der Waals surface area contributed by atoms with Gasteiger partial charge in [0, 0.05) is 5.56 Å². The van der Waals surface area contributed by atoms with Gasteiger partial charge in [0.25, 0.3) is 0 Å². The van der Waals surface area contributed by atoms with Crippen LogP contribution < -0.4 is 10.5 Å². The van der Waals surface area contributed by atoms with Crippen LogP contribution in [0.4, 0.5) is 13.2 Å². The molecule has 0 fully saturated rings. The average molecular weight is 235 g/mol. The van der Waals surface area contributed by atoms with Crippen LogP contribution in [0.5, 0.6) is 5.75 Å². The number of nitrogens with two attached hydrogens (primary N) is 1. The second-order valence-corrected chi connectivity index (χ2v) is 3.35. The Labute approximate surface area is 90.6 Å². The summed E-state index contributed by atoms with van der Waals surface area (Å²) >= 11 is 0. The van der Waals surface area contributed by atoms with Crippen molar-refractivity contribution in [2.24, 2.45) is 5.73 Å². The van der Waals surface area contributed by atoms with E-state index in [2.05, 4.69) is 4.74 Å². The van der Waals surface area contributed by atoms with E-state index >= 15 is 0 Å². The van der Waals surface area contributed by atoms with E-state index in [-0.39, 0.29) is 11.3 Å². The van der Waals surface area contributed by atoms with Crippen LogP contribution >= 0.6 is 0 Å². The average Bonchev–Trinajstić information content (AvgIpc) is 2.15. The first-order chi connectivity index (χ1) is 7.31. The van der Waals surface area contributed by atoms with Gasteiger partial charge in [-0.15, -0.1) is 13.2 Å². The third kappa shape index (κ3) is 3.39. The number of aliphatic hydroxyl groups excluding tert-OH is 1. The topological polar surface area (TPSA) is 55.5 Å². The molecule has 0 heterocycles. The maximum Gasteiger partial charge on any atom is 0.573 e. The summed E-state index contributed by atoms with van der Waals surface area (Å²) in [6.45, 7) is 1.40. The molecule has 1 aromatic rings. The lowest BCUT2D eigenvalue weighted by Crippen LogP contribution is -2.25. The lowest BCUT2D eigenvalue weighted by Gasteiger charge is -2.19. The molecule has 6 heteroatoms. The number of halogens is 3. The number of alkyl halides is 3. The Hall–Kier alpha value is -1.27. The number of para-hydroxylation sites is 1. The van der Waals surface area contributed by atoms with Gasteiger partial charge in [-0.1, -0.05) is 18.2 Å². The molecule has 0 radical (unpaired) electrons. The first-order valence-electron chi connectivity index (χ1n) is 4.59. The summed E-state index contributed by atoms with van der Waals surface area (Å²) in [7, 11) is 0. The molecule has 90 valence electrons. The highest BCUT2D eigenvalue weighted by atomic mass is 19.4. The number of hydrogen-bond acceptors (Lipinski definition) is 3. The van der Waals surface area contributed by atoms with Crippen molar-refractivity contribution in [1.82, 2.24) is 0 Å². The summed E-state index contributed by atoms with van der Waals surface area (Å²) < 4.78 is 40.0. The molecule has 0 unspecified atom stereocenters. The zero-order valence-electron chi connectivity index (χ0n) is 8.53. The normalized spacial score (nSPS) is 15.6. The van der Waals surface area contributed by atoms with Gasteiger partial charge in [-0.3, -0.25) is 0 Å². The summed E-state index contributed by atoms with van der Waals surface area (Å²) in [5.74, 6) is -0.386. The fourth-order valence-electron chi connectivity index (χ4n) is 1.23. The minimum Gasteiger partial charge on any atom is -0.405 e. The van der Waals surface area contributed by atoms with Crippen LogP contribution in [0.15, 0.2) is 24.3 Å². The Morgan fingerprint density at radius 2 is 1.88 bits per heavy atom. The molecule has 16 heavy (non-hydrogen) atoms. The standard InChI is InChI=1S/C10H12F3NO2/c1-6(15)9(14)7-4-2-3-5-8(7)16-10(11,12)13/h2-6,9,15H,14H2,1H3/t6-,9+/m1/s1. The van der Waals surface area contributed by atoms with E-state index in [0.29, 0.717) is 0 Å². The van der Waals surface area contributed by atoms with Gasteiger partial charge in [0.2, 0.25) is 0 Å². The first-order valence-corrected chi connectivity index (χ1v) is 4.59. The third-order valence-corrected chi connectivity index (χ3v) is 2.02. The smallest absolute Gasteiger partial charge is 0.405 e. The molecule has 0 aromatic heterocycles. The molecule has 3 N–H and O–H groups in total. The summed E-state index contributed by atoms with van der Waals surface area (Å²) in [4.78, 5) is 0. The lowest BCUT2D eigenvalue weighted by atomic mass is 10.0. The fraction of sp³-hybridized carbons (Fsp3) is 0.400. The van der Waals surface area contributed by atoms with Crippen molar-refractivity contribution in [3.63, 3.8) is 0 Å². The van der Waals surface area contributed by atoms with Crippen LogP contribution in [0.1, 0.15) is 18.5 Å². The number of aliphatic hydroxyl groups is 1. The third-order valence-electron chi connectivity index (χ3n) is 2.02. The van der Waals surface area contributed by atoms with Crippen LogP contribution in [0, 0.1) is 0 Å². The molecule has 0 aliphatic heterocycles. The van der Waals surface area contributed by atoms with E-state index in [9.17, 15) is 18.3 Å². The van der Waals surface area contributed by atoms with Gasteiger partial charge in [-0.25, -0.2) is 0 Å². The summed E-state index contributed by atoms with van der Waals surface area (Å²) in [5.41, 5.74) is 5.68. The Balaban J connectivity index is 3.01. The first kappa shape index (κ1) is 12.8. The van der Waals surface area contributed by atoms with Crippen molar-refractivity contribution in [3.8, 4) is 5.75 Å². The molecule has 0 aliphatic carbocycles. The van der Waals surface area contributed by atoms with Crippen molar-refractivity contribution in [1.29, 1.82) is 0 Å². The Morgan fingerprint density at radius 1 is 1.31 bits per heavy atom. The van der Waals surface area contributed by atoms with E-state index < -0.39 is 18.5 Å². The van der Waals surface area contributed by atoms with Crippen LogP contribution in [-0.2, 0) is 0 Å². The second-order valence-electron chi connectivity index (χ2n) is 3.35. The van der Waals surface area contributed by atoms with Crippen molar-refractivity contribution < 1.29 is 23.0 Å². The zero-order valence-corrected chi connectivity index (χ0v) is 8.53. The quantitative estimate of drug-likeness (QED) is 0.842. The molecule has 3 nitrogen and oxygen atoms in total. The highest BCUT2D eigenvalue weighted by molar-refractivity contribution is 5.36. The molecule has 0 spiro atoms. The number of ether oxygens (including phenoxy) is 1. The largest absolute Gasteiger partial charge is 0.573 e. The van der Waals surface area contributed by atoms with Crippen LogP contribution in [0.3, 0.4) is 0 Å². The predicted octanol–water partition coefficient (Wildman–Crippen LogP) is 1.97. The predicted molar refractivity (Wildman–Crippen MR) is 51.7 cm³/mol. The molecule has 2 atom stereocenters. The van der Waals surface area contributed by atoms with E-state index in [0.717, 1.165) is 6.07 Å². The Kier molecular flexibility index (Phi) is 3.77. The second kappa shape index (κ2) is 4.71. The maximum absolute atomic E-state index is 12.1. The van der Waals surface area contributed by atoms with Crippen molar-refractivity contribution >= 4 is 0 Å². The molecule has 1 rings (SSSR count). The van der Waals surface area contributed by atoms with Gasteiger partial charge in [0.1, 0.15) is 5.75 Å². The fourth-order valence-corrected chi connectivity index (χ4v) is 1.23. The zero-order chi connectivity index (χ0) is 12.3. The summed E-state index contributed by atoms with van der Waals surface area (Å²) in [5, 5.41) is 9.24. The van der Waals surface area contributed by atoms with Crippen molar-refractivity contribution in [2.75, 3.05) is 0 Å². The minimum atomic E-state index is -4.77. The molecule has 1 aromatic carbocycles. The lowest BCUT2D eigenvalue weighted by molar-refractivity contribution is -0.275. The van der Waals surface area contributed by atoms with E-state index in [1.807, 2.05) is 0 Å². The van der Waals surface area contributed by atoms with E-state index in [4.69, 9.17) is 5.73 Å². The molecule has 0 saturated heterocycles. The number of benzene rings is 1. The molecule has 0 saturated carbocycles. The van der Waals surface area contributed by atoms with Gasteiger partial charge in [-0.2, -0.15) is 0 Å². The van der Waals surface area contributed by atoms with Crippen molar-refractivity contribution in [3.05, 3.63) is 29.8 Å². The van der Waals surface area contributed by atoms with Crippen LogP contribution in [0.25, 0.3) is 0 Å². The van der Waals surface area contributed by atoms with Gasteiger partial charge < -0.3 is 15.6 Å². The highest BCUT2D eigenvalue weighted by Gasteiger charge is 2.32. The molecular formula is C10H12F3NO2. The molecule has 0 bridgehead atoms.